The molecule has 1 saturated heterocycles. The van der Waals surface area contributed by atoms with Crippen LogP contribution < -0.4 is 5.32 Å². The van der Waals surface area contributed by atoms with Crippen molar-refractivity contribution in [1.29, 1.82) is 0 Å². The SMILES string of the molecule is c1cc(-c2nnc(C3CCNCC3)o2)ccn1. The van der Waals surface area contributed by atoms with Gasteiger partial charge in [0.1, 0.15) is 0 Å². The molecule has 1 N–H and O–H groups in total. The highest BCUT2D eigenvalue weighted by atomic mass is 16.4. The fourth-order valence-electron chi connectivity index (χ4n) is 2.08. The third-order valence-electron chi connectivity index (χ3n) is 3.06. The van der Waals surface area contributed by atoms with Crippen LogP contribution in [0.25, 0.3) is 11.5 Å². The topological polar surface area (TPSA) is 63.8 Å². The monoisotopic (exact) mass is 230 g/mol. The van der Waals surface area contributed by atoms with E-state index in [9.17, 15) is 0 Å². The molecule has 5 heteroatoms. The van der Waals surface area contributed by atoms with Crippen molar-refractivity contribution in [2.45, 2.75) is 18.8 Å². The largest absolute Gasteiger partial charge is 0.420 e. The van der Waals surface area contributed by atoms with Crippen LogP contribution in [-0.4, -0.2) is 28.3 Å². The number of rotatable bonds is 2. The summed E-state index contributed by atoms with van der Waals surface area (Å²) >= 11 is 0. The van der Waals surface area contributed by atoms with Crippen molar-refractivity contribution in [3.05, 3.63) is 30.4 Å². The maximum absolute atomic E-state index is 5.73. The second-order valence-electron chi connectivity index (χ2n) is 4.21. The summed E-state index contributed by atoms with van der Waals surface area (Å²) in [6.45, 7) is 2.05. The Bertz CT molecular complexity index is 476. The summed E-state index contributed by atoms with van der Waals surface area (Å²) in [4.78, 5) is 3.97. The van der Waals surface area contributed by atoms with Crippen LogP contribution in [0.3, 0.4) is 0 Å². The molecule has 0 amide bonds. The predicted octanol–water partition coefficient (Wildman–Crippen LogP) is 1.60. The molecule has 2 aromatic heterocycles. The Labute approximate surface area is 99.3 Å². The van der Waals surface area contributed by atoms with Gasteiger partial charge >= 0.3 is 0 Å². The number of nitrogens with zero attached hydrogens (tertiary/aromatic N) is 3. The van der Waals surface area contributed by atoms with Crippen LogP contribution in [0, 0.1) is 0 Å². The molecule has 0 atom stereocenters. The molecule has 0 radical (unpaired) electrons. The average Bonchev–Trinajstić information content (AvgIpc) is 2.90. The smallest absolute Gasteiger partial charge is 0.247 e. The van der Waals surface area contributed by atoms with Crippen LogP contribution in [0.1, 0.15) is 24.7 Å². The highest BCUT2D eigenvalue weighted by Crippen LogP contribution is 2.26. The van der Waals surface area contributed by atoms with E-state index < -0.39 is 0 Å². The lowest BCUT2D eigenvalue weighted by Crippen LogP contribution is -2.26. The number of hydrogen-bond acceptors (Lipinski definition) is 5. The molecule has 1 aliphatic rings. The first-order valence-corrected chi connectivity index (χ1v) is 5.88. The Hall–Kier alpha value is -1.75. The number of pyridine rings is 1. The zero-order valence-corrected chi connectivity index (χ0v) is 9.47. The average molecular weight is 230 g/mol. The van der Waals surface area contributed by atoms with Crippen LogP contribution in [0.15, 0.2) is 28.9 Å². The van der Waals surface area contributed by atoms with Gasteiger partial charge in [-0.1, -0.05) is 0 Å². The zero-order chi connectivity index (χ0) is 11.5. The number of hydrogen-bond donors (Lipinski definition) is 1. The fraction of sp³-hybridized carbons (Fsp3) is 0.417. The zero-order valence-electron chi connectivity index (χ0n) is 9.47. The van der Waals surface area contributed by atoms with Crippen LogP contribution in [-0.2, 0) is 0 Å². The maximum atomic E-state index is 5.73. The molecule has 17 heavy (non-hydrogen) atoms. The third kappa shape index (κ3) is 2.19. The van der Waals surface area contributed by atoms with E-state index >= 15 is 0 Å². The number of piperidine rings is 1. The summed E-state index contributed by atoms with van der Waals surface area (Å²) < 4.78 is 5.73. The van der Waals surface area contributed by atoms with Gasteiger partial charge in [0.15, 0.2) is 0 Å². The van der Waals surface area contributed by atoms with Gasteiger partial charge in [-0.2, -0.15) is 0 Å². The van der Waals surface area contributed by atoms with Gasteiger partial charge in [-0.3, -0.25) is 4.98 Å². The van der Waals surface area contributed by atoms with Crippen molar-refractivity contribution in [3.63, 3.8) is 0 Å². The van der Waals surface area contributed by atoms with Crippen LogP contribution in [0.2, 0.25) is 0 Å². The predicted molar refractivity (Wildman–Crippen MR) is 62.4 cm³/mol. The summed E-state index contributed by atoms with van der Waals surface area (Å²) in [5.41, 5.74) is 0.924. The van der Waals surface area contributed by atoms with Gasteiger partial charge in [0.25, 0.3) is 0 Å². The number of aromatic nitrogens is 3. The molecule has 3 rings (SSSR count). The molecule has 0 unspecified atom stereocenters. The molecule has 1 aliphatic heterocycles. The van der Waals surface area contributed by atoms with Crippen molar-refractivity contribution in [3.8, 4) is 11.5 Å². The Morgan fingerprint density at radius 2 is 1.88 bits per heavy atom. The fourth-order valence-corrected chi connectivity index (χ4v) is 2.08. The second-order valence-corrected chi connectivity index (χ2v) is 4.21. The summed E-state index contributed by atoms with van der Waals surface area (Å²) in [5, 5.41) is 11.6. The summed E-state index contributed by atoms with van der Waals surface area (Å²) in [5.74, 6) is 1.75. The highest BCUT2D eigenvalue weighted by molar-refractivity contribution is 5.50. The third-order valence-corrected chi connectivity index (χ3v) is 3.06. The van der Waals surface area contributed by atoms with Crippen molar-refractivity contribution < 1.29 is 4.42 Å². The molecule has 0 saturated carbocycles. The minimum absolute atomic E-state index is 0.402. The molecular weight excluding hydrogens is 216 g/mol. The summed E-state index contributed by atoms with van der Waals surface area (Å²) in [6.07, 6.45) is 5.59. The molecular formula is C12H14N4O. The quantitative estimate of drug-likeness (QED) is 0.849. The van der Waals surface area contributed by atoms with E-state index in [0.29, 0.717) is 11.8 Å². The normalized spacial score (nSPS) is 17.2. The molecule has 0 aliphatic carbocycles. The van der Waals surface area contributed by atoms with Crippen molar-refractivity contribution in [1.82, 2.24) is 20.5 Å². The molecule has 0 aromatic carbocycles. The molecule has 3 heterocycles. The van der Waals surface area contributed by atoms with Gasteiger partial charge in [0.05, 0.1) is 0 Å². The first kappa shape index (κ1) is 10.4. The van der Waals surface area contributed by atoms with Gasteiger partial charge in [-0.15, -0.1) is 10.2 Å². The molecule has 88 valence electrons. The lowest BCUT2D eigenvalue weighted by Gasteiger charge is -2.18. The molecule has 1 fully saturated rings. The molecule has 0 spiro atoms. The van der Waals surface area contributed by atoms with Gasteiger partial charge in [-0.25, -0.2) is 0 Å². The minimum atomic E-state index is 0.402. The maximum Gasteiger partial charge on any atom is 0.247 e. The van der Waals surface area contributed by atoms with Crippen molar-refractivity contribution in [2.24, 2.45) is 0 Å². The van der Waals surface area contributed by atoms with E-state index in [-0.39, 0.29) is 0 Å². The molecule has 5 nitrogen and oxygen atoms in total. The van der Waals surface area contributed by atoms with Crippen LogP contribution in [0.4, 0.5) is 0 Å². The molecule has 0 bridgehead atoms. The van der Waals surface area contributed by atoms with Crippen LogP contribution >= 0.6 is 0 Å². The first-order chi connectivity index (χ1) is 8.43. The lowest BCUT2D eigenvalue weighted by atomic mass is 9.98. The Morgan fingerprint density at radius 3 is 2.65 bits per heavy atom. The van der Waals surface area contributed by atoms with Crippen molar-refractivity contribution >= 4 is 0 Å². The summed E-state index contributed by atoms with van der Waals surface area (Å²) in [7, 11) is 0. The first-order valence-electron chi connectivity index (χ1n) is 5.88. The van der Waals surface area contributed by atoms with E-state index in [2.05, 4.69) is 20.5 Å². The van der Waals surface area contributed by atoms with Gasteiger partial charge in [0, 0.05) is 23.9 Å². The Balaban J connectivity index is 1.83. The van der Waals surface area contributed by atoms with Gasteiger partial charge in [-0.05, 0) is 38.1 Å². The van der Waals surface area contributed by atoms with E-state index in [4.69, 9.17) is 4.42 Å². The van der Waals surface area contributed by atoms with E-state index in [1.807, 2.05) is 12.1 Å². The van der Waals surface area contributed by atoms with Crippen LogP contribution in [0.5, 0.6) is 0 Å². The minimum Gasteiger partial charge on any atom is -0.420 e. The van der Waals surface area contributed by atoms with E-state index in [0.717, 1.165) is 37.4 Å². The Morgan fingerprint density at radius 1 is 1.12 bits per heavy atom. The standard InChI is InChI=1S/C12H14N4O/c1-5-13-6-2-9(1)11-15-16-12(17-11)10-3-7-14-8-4-10/h1-2,5-6,10,14H,3-4,7-8H2. The van der Waals surface area contributed by atoms with Crippen molar-refractivity contribution in [2.75, 3.05) is 13.1 Å². The van der Waals surface area contributed by atoms with Gasteiger partial charge in [0.2, 0.25) is 11.8 Å². The number of nitrogens with one attached hydrogen (secondary N) is 1. The second kappa shape index (κ2) is 4.63. The Kier molecular flexibility index (Phi) is 2.83. The van der Waals surface area contributed by atoms with Gasteiger partial charge < -0.3 is 9.73 Å². The van der Waals surface area contributed by atoms with E-state index in [1.54, 1.807) is 12.4 Å². The molecule has 2 aromatic rings. The highest BCUT2D eigenvalue weighted by Gasteiger charge is 2.21. The lowest BCUT2D eigenvalue weighted by molar-refractivity contribution is 0.378. The van der Waals surface area contributed by atoms with E-state index in [1.165, 1.54) is 0 Å². The summed E-state index contributed by atoms with van der Waals surface area (Å²) in [6, 6.07) is 3.75.